The van der Waals surface area contributed by atoms with Crippen molar-refractivity contribution in [3.05, 3.63) is 59.7 Å². The van der Waals surface area contributed by atoms with Gasteiger partial charge in [0.15, 0.2) is 0 Å². The van der Waals surface area contributed by atoms with Gasteiger partial charge >= 0.3 is 0 Å². The zero-order chi connectivity index (χ0) is 13.2. The second kappa shape index (κ2) is 4.74. The van der Waals surface area contributed by atoms with Crippen LogP contribution in [0.4, 0.5) is 10.1 Å². The highest BCUT2D eigenvalue weighted by Crippen LogP contribution is 2.28. The topological polar surface area (TPSA) is 59.1 Å². The summed E-state index contributed by atoms with van der Waals surface area (Å²) in [4.78, 5) is 3.96. The Morgan fingerprint density at radius 1 is 1.39 bits per heavy atom. The Kier molecular flexibility index (Phi) is 3.30. The van der Waals surface area contributed by atoms with E-state index in [4.69, 9.17) is 5.73 Å². The number of nitrogens with zero attached hydrogens (tertiary/aromatic N) is 1. The fourth-order valence-electron chi connectivity index (χ4n) is 1.99. The normalized spacial score (nSPS) is 14.2. The minimum Gasteiger partial charge on any atom is -0.398 e. The van der Waals surface area contributed by atoms with Crippen LogP contribution in [0.15, 0.2) is 42.7 Å². The Balaban J connectivity index is 2.30. The molecule has 2 rings (SSSR count). The first-order valence-corrected chi connectivity index (χ1v) is 5.66. The highest BCUT2D eigenvalue weighted by atomic mass is 19.1. The number of pyridine rings is 1. The average Bonchev–Trinajstić information content (AvgIpc) is 2.28. The second-order valence-corrected chi connectivity index (χ2v) is 4.54. The third-order valence-electron chi connectivity index (χ3n) is 2.87. The second-order valence-electron chi connectivity index (χ2n) is 4.54. The fraction of sp³-hybridized carbons (Fsp3) is 0.214. The summed E-state index contributed by atoms with van der Waals surface area (Å²) in [5.41, 5.74) is 6.38. The van der Waals surface area contributed by atoms with Gasteiger partial charge in [0.1, 0.15) is 5.82 Å². The van der Waals surface area contributed by atoms with E-state index in [1.807, 2.05) is 0 Å². The number of benzene rings is 1. The molecule has 0 spiro atoms. The van der Waals surface area contributed by atoms with Gasteiger partial charge in [-0.15, -0.1) is 0 Å². The van der Waals surface area contributed by atoms with Gasteiger partial charge in [0, 0.05) is 30.1 Å². The van der Waals surface area contributed by atoms with Crippen LogP contribution in [-0.4, -0.2) is 10.1 Å². The van der Waals surface area contributed by atoms with E-state index in [9.17, 15) is 9.50 Å². The van der Waals surface area contributed by atoms with Crippen LogP contribution in [0, 0.1) is 5.82 Å². The summed E-state index contributed by atoms with van der Waals surface area (Å²) in [7, 11) is 0. The minimum absolute atomic E-state index is 0.278. The largest absolute Gasteiger partial charge is 0.398 e. The molecule has 0 aliphatic rings. The van der Waals surface area contributed by atoms with E-state index in [1.54, 1.807) is 31.3 Å². The van der Waals surface area contributed by atoms with Crippen LogP contribution >= 0.6 is 0 Å². The Labute approximate surface area is 105 Å². The van der Waals surface area contributed by atoms with Gasteiger partial charge in [-0.25, -0.2) is 4.39 Å². The van der Waals surface area contributed by atoms with Gasteiger partial charge in [-0.05, 0) is 30.7 Å². The van der Waals surface area contributed by atoms with Crippen molar-refractivity contribution < 1.29 is 9.50 Å². The molecule has 4 heteroatoms. The van der Waals surface area contributed by atoms with Crippen LogP contribution in [0.1, 0.15) is 18.1 Å². The molecule has 0 bridgehead atoms. The summed E-state index contributed by atoms with van der Waals surface area (Å²) < 4.78 is 13.1. The first-order valence-electron chi connectivity index (χ1n) is 5.66. The monoisotopic (exact) mass is 246 g/mol. The number of hydrogen-bond acceptors (Lipinski definition) is 3. The van der Waals surface area contributed by atoms with Crippen molar-refractivity contribution in [2.45, 2.75) is 18.9 Å². The van der Waals surface area contributed by atoms with Gasteiger partial charge in [-0.2, -0.15) is 0 Å². The highest BCUT2D eigenvalue weighted by molar-refractivity contribution is 5.48. The fourth-order valence-corrected chi connectivity index (χ4v) is 1.99. The Bertz CT molecular complexity index is 555. The number of aliphatic hydroxyl groups is 1. The van der Waals surface area contributed by atoms with E-state index in [-0.39, 0.29) is 12.2 Å². The van der Waals surface area contributed by atoms with E-state index < -0.39 is 5.60 Å². The minimum atomic E-state index is -1.17. The molecule has 94 valence electrons. The molecule has 1 aromatic heterocycles. The molecule has 0 aliphatic heterocycles. The zero-order valence-corrected chi connectivity index (χ0v) is 10.1. The number of rotatable bonds is 3. The van der Waals surface area contributed by atoms with Crippen molar-refractivity contribution in [1.82, 2.24) is 4.98 Å². The number of aromatic nitrogens is 1. The van der Waals surface area contributed by atoms with Crippen molar-refractivity contribution in [1.29, 1.82) is 0 Å². The first kappa shape index (κ1) is 12.5. The summed E-state index contributed by atoms with van der Waals surface area (Å²) >= 11 is 0. The average molecular weight is 246 g/mol. The molecule has 3 N–H and O–H groups in total. The zero-order valence-electron chi connectivity index (χ0n) is 10.1. The molecular weight excluding hydrogens is 231 g/mol. The number of halogens is 1. The summed E-state index contributed by atoms with van der Waals surface area (Å²) in [5.74, 6) is -0.317. The predicted molar refractivity (Wildman–Crippen MR) is 68.3 cm³/mol. The van der Waals surface area contributed by atoms with Crippen molar-refractivity contribution in [3.63, 3.8) is 0 Å². The van der Waals surface area contributed by atoms with E-state index in [0.29, 0.717) is 16.8 Å². The number of anilines is 1. The molecule has 1 heterocycles. The third-order valence-corrected chi connectivity index (χ3v) is 2.87. The van der Waals surface area contributed by atoms with Gasteiger partial charge in [-0.1, -0.05) is 12.1 Å². The van der Waals surface area contributed by atoms with Crippen molar-refractivity contribution in [2.24, 2.45) is 0 Å². The summed E-state index contributed by atoms with van der Waals surface area (Å²) in [5, 5.41) is 10.5. The van der Waals surface area contributed by atoms with Crippen LogP contribution in [0.2, 0.25) is 0 Å². The molecule has 0 fully saturated rings. The lowest BCUT2D eigenvalue weighted by Gasteiger charge is -2.25. The lowest BCUT2D eigenvalue weighted by atomic mass is 9.89. The number of nitrogen functional groups attached to an aromatic ring is 1. The van der Waals surface area contributed by atoms with Gasteiger partial charge in [0.05, 0.1) is 5.60 Å². The lowest BCUT2D eigenvalue weighted by molar-refractivity contribution is 0.0580. The molecular formula is C14H15FN2O. The third kappa shape index (κ3) is 2.65. The number of nitrogens with two attached hydrogens (primary N) is 1. The van der Waals surface area contributed by atoms with Gasteiger partial charge < -0.3 is 10.8 Å². The summed E-state index contributed by atoms with van der Waals surface area (Å²) in [6.07, 6.45) is 3.38. The molecule has 18 heavy (non-hydrogen) atoms. The summed E-state index contributed by atoms with van der Waals surface area (Å²) in [6.45, 7) is 1.64. The van der Waals surface area contributed by atoms with Crippen molar-refractivity contribution >= 4 is 5.69 Å². The van der Waals surface area contributed by atoms with Crippen LogP contribution in [0.5, 0.6) is 0 Å². The molecule has 1 atom stereocenters. The maximum absolute atomic E-state index is 13.1. The van der Waals surface area contributed by atoms with Crippen molar-refractivity contribution in [2.75, 3.05) is 5.73 Å². The lowest BCUT2D eigenvalue weighted by Crippen LogP contribution is -2.25. The quantitative estimate of drug-likeness (QED) is 0.873. The Morgan fingerprint density at radius 3 is 2.83 bits per heavy atom. The van der Waals surface area contributed by atoms with Gasteiger partial charge in [0.2, 0.25) is 0 Å². The van der Waals surface area contributed by atoms with Crippen molar-refractivity contribution in [3.8, 4) is 0 Å². The summed E-state index contributed by atoms with van der Waals surface area (Å²) in [6, 6.07) is 7.80. The molecule has 0 radical (unpaired) electrons. The van der Waals surface area contributed by atoms with Gasteiger partial charge in [0.25, 0.3) is 0 Å². The maximum Gasteiger partial charge on any atom is 0.123 e. The van der Waals surface area contributed by atoms with E-state index in [0.717, 1.165) is 0 Å². The SMILES string of the molecule is CC(O)(Cc1cccc(F)c1)c1cnccc1N. The molecule has 3 nitrogen and oxygen atoms in total. The van der Waals surface area contributed by atoms with E-state index >= 15 is 0 Å². The molecule has 0 saturated carbocycles. The van der Waals surface area contributed by atoms with Crippen LogP contribution in [0.3, 0.4) is 0 Å². The first-order chi connectivity index (χ1) is 8.49. The standard InChI is InChI=1S/C14H15FN2O/c1-14(18,12-9-17-6-5-13(12)16)8-10-3-2-4-11(15)7-10/h2-7,9,18H,8H2,1H3,(H2,16,17). The molecule has 0 saturated heterocycles. The Hall–Kier alpha value is -1.94. The van der Waals surface area contributed by atoms with E-state index in [1.165, 1.54) is 18.3 Å². The van der Waals surface area contributed by atoms with Crippen LogP contribution < -0.4 is 5.73 Å². The molecule has 0 amide bonds. The van der Waals surface area contributed by atoms with Crippen LogP contribution in [0.25, 0.3) is 0 Å². The molecule has 2 aromatic rings. The maximum atomic E-state index is 13.1. The number of hydrogen-bond donors (Lipinski definition) is 2. The Morgan fingerprint density at radius 2 is 2.17 bits per heavy atom. The van der Waals surface area contributed by atoms with E-state index in [2.05, 4.69) is 4.98 Å². The highest BCUT2D eigenvalue weighted by Gasteiger charge is 2.26. The predicted octanol–water partition coefficient (Wildman–Crippen LogP) is 2.25. The van der Waals surface area contributed by atoms with Gasteiger partial charge in [-0.3, -0.25) is 4.98 Å². The molecule has 1 aromatic carbocycles. The van der Waals surface area contributed by atoms with Crippen LogP contribution in [-0.2, 0) is 12.0 Å². The molecule has 0 aliphatic carbocycles. The smallest absolute Gasteiger partial charge is 0.123 e. The molecule has 1 unspecified atom stereocenters.